The Kier molecular flexibility index (Phi) is 11.4. The zero-order valence-electron chi connectivity index (χ0n) is 24.2. The summed E-state index contributed by atoms with van der Waals surface area (Å²) in [6.45, 7) is 3.06. The highest BCUT2D eigenvalue weighted by Crippen LogP contribution is 2.30. The van der Waals surface area contributed by atoms with Crippen molar-refractivity contribution in [3.8, 4) is 0 Å². The molecule has 0 aliphatic heterocycles. The number of hydrogen-bond acceptors (Lipinski definition) is 4. The van der Waals surface area contributed by atoms with Crippen LogP contribution in [0.25, 0.3) is 0 Å². The van der Waals surface area contributed by atoms with Gasteiger partial charge in [-0.3, -0.25) is 13.9 Å². The number of rotatable bonds is 11. The summed E-state index contributed by atoms with van der Waals surface area (Å²) in [5.41, 5.74) is 1.58. The summed E-state index contributed by atoms with van der Waals surface area (Å²) in [6.07, 6.45) is 5.30. The van der Waals surface area contributed by atoms with Gasteiger partial charge in [0.15, 0.2) is 0 Å². The molecule has 1 N–H and O–H groups in total. The van der Waals surface area contributed by atoms with Crippen LogP contribution in [0.3, 0.4) is 0 Å². The number of anilines is 1. The highest BCUT2D eigenvalue weighted by Gasteiger charge is 2.34. The van der Waals surface area contributed by atoms with Crippen molar-refractivity contribution >= 4 is 62.3 Å². The van der Waals surface area contributed by atoms with Crippen LogP contribution in [0.1, 0.15) is 56.6 Å². The molecule has 1 aliphatic rings. The molecule has 1 unspecified atom stereocenters. The first-order chi connectivity index (χ1) is 20.5. The number of benzene rings is 3. The molecule has 1 saturated carbocycles. The molecule has 2 amide bonds. The summed E-state index contributed by atoms with van der Waals surface area (Å²) in [6, 6.07) is 16.9. The molecule has 3 aromatic rings. The minimum atomic E-state index is -4.19. The second-order valence-electron chi connectivity index (χ2n) is 10.8. The fourth-order valence-corrected chi connectivity index (χ4v) is 7.35. The van der Waals surface area contributed by atoms with E-state index in [0.717, 1.165) is 42.0 Å². The van der Waals surface area contributed by atoms with E-state index in [0.29, 0.717) is 27.1 Å². The molecular formula is C32H36Cl3N3O4S. The van der Waals surface area contributed by atoms with E-state index < -0.39 is 28.5 Å². The molecule has 230 valence electrons. The van der Waals surface area contributed by atoms with Crippen LogP contribution < -0.4 is 9.62 Å². The second-order valence-corrected chi connectivity index (χ2v) is 13.9. The van der Waals surface area contributed by atoms with Crippen LogP contribution >= 0.6 is 34.8 Å². The Bertz CT molecular complexity index is 1550. The lowest BCUT2D eigenvalue weighted by Crippen LogP contribution is -2.54. The maximum Gasteiger partial charge on any atom is 0.264 e. The van der Waals surface area contributed by atoms with Gasteiger partial charge < -0.3 is 10.2 Å². The largest absolute Gasteiger partial charge is 0.352 e. The summed E-state index contributed by atoms with van der Waals surface area (Å²) in [7, 11) is -4.19. The molecule has 0 heterocycles. The Morgan fingerprint density at radius 3 is 2.26 bits per heavy atom. The van der Waals surface area contributed by atoms with Gasteiger partial charge in [-0.15, -0.1) is 0 Å². The number of carbonyl (C=O) groups is 2. The third kappa shape index (κ3) is 8.24. The van der Waals surface area contributed by atoms with Gasteiger partial charge in [-0.1, -0.05) is 91.3 Å². The first kappa shape index (κ1) is 33.1. The van der Waals surface area contributed by atoms with Crippen LogP contribution in [0.2, 0.25) is 15.1 Å². The highest BCUT2D eigenvalue weighted by atomic mass is 35.5. The number of aryl methyl sites for hydroxylation is 1. The quantitative estimate of drug-likeness (QED) is 0.231. The number of nitrogens with zero attached hydrogens (tertiary/aromatic N) is 2. The van der Waals surface area contributed by atoms with Crippen molar-refractivity contribution in [3.05, 3.63) is 92.9 Å². The molecule has 0 radical (unpaired) electrons. The van der Waals surface area contributed by atoms with Crippen molar-refractivity contribution in [1.82, 2.24) is 10.2 Å². The zero-order valence-corrected chi connectivity index (χ0v) is 27.3. The minimum absolute atomic E-state index is 0.0146. The Balaban J connectivity index is 1.73. The lowest BCUT2D eigenvalue weighted by atomic mass is 9.95. The van der Waals surface area contributed by atoms with Crippen molar-refractivity contribution in [2.75, 3.05) is 10.8 Å². The van der Waals surface area contributed by atoms with Crippen LogP contribution in [0, 0.1) is 6.92 Å². The molecule has 3 aromatic carbocycles. The van der Waals surface area contributed by atoms with Crippen molar-refractivity contribution in [3.63, 3.8) is 0 Å². The third-order valence-corrected chi connectivity index (χ3v) is 10.5. The smallest absolute Gasteiger partial charge is 0.264 e. The van der Waals surface area contributed by atoms with Crippen molar-refractivity contribution in [1.29, 1.82) is 0 Å². The van der Waals surface area contributed by atoms with Gasteiger partial charge in [0.25, 0.3) is 10.0 Å². The molecule has 0 saturated heterocycles. The predicted octanol–water partition coefficient (Wildman–Crippen LogP) is 7.41. The van der Waals surface area contributed by atoms with Crippen LogP contribution in [0.5, 0.6) is 0 Å². The van der Waals surface area contributed by atoms with Gasteiger partial charge in [0.05, 0.1) is 10.6 Å². The minimum Gasteiger partial charge on any atom is -0.352 e. The van der Waals surface area contributed by atoms with E-state index in [4.69, 9.17) is 34.8 Å². The molecule has 4 rings (SSSR count). The molecule has 43 heavy (non-hydrogen) atoms. The van der Waals surface area contributed by atoms with Gasteiger partial charge in [-0.2, -0.15) is 0 Å². The molecule has 1 fully saturated rings. The van der Waals surface area contributed by atoms with Crippen molar-refractivity contribution in [2.24, 2.45) is 0 Å². The Labute approximate surface area is 269 Å². The molecule has 0 aromatic heterocycles. The normalized spacial score (nSPS) is 14.6. The fourth-order valence-electron chi connectivity index (χ4n) is 5.28. The van der Waals surface area contributed by atoms with Crippen LogP contribution in [0.4, 0.5) is 5.69 Å². The highest BCUT2D eigenvalue weighted by molar-refractivity contribution is 7.92. The van der Waals surface area contributed by atoms with Crippen LogP contribution in [0.15, 0.2) is 71.6 Å². The zero-order chi connectivity index (χ0) is 31.1. The van der Waals surface area contributed by atoms with E-state index >= 15 is 0 Å². The van der Waals surface area contributed by atoms with E-state index in [2.05, 4.69) is 5.32 Å². The molecule has 0 spiro atoms. The number of hydrogen-bond donors (Lipinski definition) is 1. The predicted molar refractivity (Wildman–Crippen MR) is 173 cm³/mol. The molecular weight excluding hydrogens is 629 g/mol. The average Bonchev–Trinajstić information content (AvgIpc) is 2.99. The van der Waals surface area contributed by atoms with Crippen LogP contribution in [-0.4, -0.2) is 43.8 Å². The number of halogens is 3. The molecule has 7 nitrogen and oxygen atoms in total. The van der Waals surface area contributed by atoms with Gasteiger partial charge >= 0.3 is 0 Å². The first-order valence-electron chi connectivity index (χ1n) is 14.4. The topological polar surface area (TPSA) is 86.8 Å². The number of nitrogens with one attached hydrogen (secondary N) is 1. The lowest BCUT2D eigenvalue weighted by molar-refractivity contribution is -0.140. The SMILES string of the molecule is CCC(C(=O)NC1CCCCC1)N(Cc1ccc(Cl)cc1Cl)C(=O)CN(c1ccc(C)c(Cl)c1)S(=O)(=O)c1ccccc1. The van der Waals surface area contributed by atoms with Gasteiger partial charge in [-0.25, -0.2) is 8.42 Å². The van der Waals surface area contributed by atoms with Gasteiger partial charge in [0.2, 0.25) is 11.8 Å². The number of carbonyl (C=O) groups excluding carboxylic acids is 2. The van der Waals surface area contributed by atoms with E-state index in [1.54, 1.807) is 48.5 Å². The summed E-state index contributed by atoms with van der Waals surface area (Å²) in [5, 5.41) is 4.27. The van der Waals surface area contributed by atoms with E-state index in [1.807, 2.05) is 13.8 Å². The third-order valence-electron chi connectivity index (χ3n) is 7.75. The maximum absolute atomic E-state index is 14.3. The fraction of sp³-hybridized carbons (Fsp3) is 0.375. The standard InChI is InChI=1S/C32H36Cl3N3O4S/c1-3-30(32(40)36-25-10-6-4-7-11-25)37(20-23-15-16-24(33)18-29(23)35)31(39)21-38(26-17-14-22(2)28(34)19-26)43(41,42)27-12-8-5-9-13-27/h5,8-9,12-19,25,30H,3-4,6-7,10-11,20-21H2,1-2H3,(H,36,40). The number of sulfonamides is 1. The summed E-state index contributed by atoms with van der Waals surface area (Å²) >= 11 is 19.0. The van der Waals surface area contributed by atoms with Gasteiger partial charge in [-0.05, 0) is 73.7 Å². The average molecular weight is 665 g/mol. The second kappa shape index (κ2) is 14.8. The molecule has 0 bridgehead atoms. The first-order valence-corrected chi connectivity index (χ1v) is 17.0. The molecule has 11 heteroatoms. The molecule has 1 aliphatic carbocycles. The van der Waals surface area contributed by atoms with Gasteiger partial charge in [0.1, 0.15) is 12.6 Å². The van der Waals surface area contributed by atoms with E-state index in [-0.39, 0.29) is 29.1 Å². The summed E-state index contributed by atoms with van der Waals surface area (Å²) < 4.78 is 29.0. The summed E-state index contributed by atoms with van der Waals surface area (Å²) in [5.74, 6) is -0.837. The van der Waals surface area contributed by atoms with Crippen molar-refractivity contribution in [2.45, 2.75) is 75.9 Å². The van der Waals surface area contributed by atoms with E-state index in [9.17, 15) is 18.0 Å². The Morgan fingerprint density at radius 1 is 0.930 bits per heavy atom. The Morgan fingerprint density at radius 2 is 1.63 bits per heavy atom. The number of amides is 2. The lowest BCUT2D eigenvalue weighted by Gasteiger charge is -2.34. The Hall–Kier alpha value is -2.78. The maximum atomic E-state index is 14.3. The monoisotopic (exact) mass is 663 g/mol. The van der Waals surface area contributed by atoms with E-state index in [1.165, 1.54) is 23.1 Å². The van der Waals surface area contributed by atoms with Gasteiger partial charge in [0, 0.05) is 27.7 Å². The van der Waals surface area contributed by atoms with Crippen molar-refractivity contribution < 1.29 is 18.0 Å². The van der Waals surface area contributed by atoms with Crippen LogP contribution in [-0.2, 0) is 26.2 Å². The molecule has 1 atom stereocenters. The summed E-state index contributed by atoms with van der Waals surface area (Å²) in [4.78, 5) is 29.4.